The zero-order valence-corrected chi connectivity index (χ0v) is 14.8. The summed E-state index contributed by atoms with van der Waals surface area (Å²) >= 11 is 4.20. The molecule has 0 saturated carbocycles. The molecule has 0 spiro atoms. The molecule has 0 heterocycles. The smallest absolute Gasteiger partial charge is 0.00270 e. The number of benzene rings is 1. The van der Waals surface area contributed by atoms with E-state index >= 15 is 0 Å². The zero-order chi connectivity index (χ0) is 14.5. The van der Waals surface area contributed by atoms with Crippen LogP contribution in [0.5, 0.6) is 0 Å². The lowest BCUT2D eigenvalue weighted by Crippen LogP contribution is -1.94. The molecule has 114 valence electrons. The van der Waals surface area contributed by atoms with Gasteiger partial charge in [-0.1, -0.05) is 51.0 Å². The van der Waals surface area contributed by atoms with E-state index in [4.69, 9.17) is 0 Å². The minimum absolute atomic E-state index is 1.23. The second-order valence-corrected chi connectivity index (χ2v) is 7.70. The second kappa shape index (κ2) is 12.6. The highest BCUT2D eigenvalue weighted by Crippen LogP contribution is 2.13. The van der Waals surface area contributed by atoms with Crippen LogP contribution in [0.15, 0.2) is 24.3 Å². The van der Waals surface area contributed by atoms with Crippen molar-refractivity contribution in [2.75, 3.05) is 23.0 Å². The van der Waals surface area contributed by atoms with E-state index in [2.05, 4.69) is 61.6 Å². The van der Waals surface area contributed by atoms with Gasteiger partial charge in [-0.15, -0.1) is 0 Å². The maximum atomic E-state index is 2.42. The first-order valence-electron chi connectivity index (χ1n) is 8.10. The van der Waals surface area contributed by atoms with E-state index in [1.54, 1.807) is 0 Å². The first kappa shape index (κ1) is 18.0. The molecule has 0 nitrogen and oxygen atoms in total. The third-order valence-corrected chi connectivity index (χ3v) is 5.49. The fraction of sp³-hybridized carbons (Fsp3) is 0.667. The molecule has 0 aliphatic carbocycles. The molecule has 1 aromatic rings. The average Bonchev–Trinajstić information content (AvgIpc) is 2.47. The number of hydrogen-bond donors (Lipinski definition) is 0. The minimum Gasteiger partial charge on any atom is -0.162 e. The van der Waals surface area contributed by atoms with Crippen LogP contribution in [0.25, 0.3) is 0 Å². The molecule has 0 bridgehead atoms. The van der Waals surface area contributed by atoms with Gasteiger partial charge < -0.3 is 0 Å². The fourth-order valence-corrected chi connectivity index (χ4v) is 4.17. The number of aryl methyl sites for hydroxylation is 2. The summed E-state index contributed by atoms with van der Waals surface area (Å²) in [5, 5.41) is 0. The summed E-state index contributed by atoms with van der Waals surface area (Å²) in [5.41, 5.74) is 3.04. The molecule has 0 saturated heterocycles. The topological polar surface area (TPSA) is 0 Å². The number of thioether (sulfide) groups is 2. The molecule has 20 heavy (non-hydrogen) atoms. The van der Waals surface area contributed by atoms with Crippen LogP contribution < -0.4 is 0 Å². The molecular weight excluding hydrogens is 280 g/mol. The van der Waals surface area contributed by atoms with Gasteiger partial charge in [-0.05, 0) is 59.8 Å². The van der Waals surface area contributed by atoms with Crippen LogP contribution in [0.1, 0.15) is 50.7 Å². The van der Waals surface area contributed by atoms with Gasteiger partial charge in [-0.3, -0.25) is 0 Å². The van der Waals surface area contributed by atoms with Gasteiger partial charge in [0.15, 0.2) is 0 Å². The number of rotatable bonds is 12. The number of unbranched alkanes of at least 4 members (excludes halogenated alkanes) is 2. The van der Waals surface area contributed by atoms with Crippen molar-refractivity contribution in [1.82, 2.24) is 0 Å². The largest absolute Gasteiger partial charge is 0.162 e. The summed E-state index contributed by atoms with van der Waals surface area (Å²) in [4.78, 5) is 0. The first-order chi connectivity index (χ1) is 9.86. The summed E-state index contributed by atoms with van der Waals surface area (Å²) in [6.45, 7) is 4.53. The predicted octanol–water partition coefficient (Wildman–Crippen LogP) is 5.84. The van der Waals surface area contributed by atoms with Crippen LogP contribution in [0.2, 0.25) is 0 Å². The van der Waals surface area contributed by atoms with Gasteiger partial charge in [0.1, 0.15) is 0 Å². The Morgan fingerprint density at radius 3 is 1.70 bits per heavy atom. The molecular formula is C18H30S2. The fourth-order valence-electron chi connectivity index (χ4n) is 2.02. The summed E-state index contributed by atoms with van der Waals surface area (Å²) in [6.07, 6.45) is 7.81. The maximum absolute atomic E-state index is 2.42. The van der Waals surface area contributed by atoms with Crippen LogP contribution in [0.4, 0.5) is 0 Å². The average molecular weight is 311 g/mol. The van der Waals surface area contributed by atoms with Crippen molar-refractivity contribution in [2.24, 2.45) is 0 Å². The normalized spacial score (nSPS) is 10.9. The van der Waals surface area contributed by atoms with Gasteiger partial charge in [0, 0.05) is 0 Å². The molecule has 0 amide bonds. The van der Waals surface area contributed by atoms with Gasteiger partial charge in [0.25, 0.3) is 0 Å². The van der Waals surface area contributed by atoms with Gasteiger partial charge in [0.05, 0.1) is 0 Å². The number of hydrogen-bond acceptors (Lipinski definition) is 2. The molecule has 0 N–H and O–H groups in total. The minimum atomic E-state index is 1.23. The van der Waals surface area contributed by atoms with Crippen molar-refractivity contribution in [2.45, 2.75) is 52.4 Å². The third-order valence-electron chi connectivity index (χ3n) is 3.35. The van der Waals surface area contributed by atoms with Crippen LogP contribution in [-0.2, 0) is 12.8 Å². The highest BCUT2D eigenvalue weighted by atomic mass is 32.2. The van der Waals surface area contributed by atoms with E-state index in [1.807, 2.05) is 0 Å². The molecule has 0 atom stereocenters. The Kier molecular flexibility index (Phi) is 11.4. The van der Waals surface area contributed by atoms with E-state index in [-0.39, 0.29) is 0 Å². The molecule has 0 aliphatic rings. The van der Waals surface area contributed by atoms with E-state index in [1.165, 1.54) is 72.7 Å². The zero-order valence-electron chi connectivity index (χ0n) is 13.2. The van der Waals surface area contributed by atoms with Crippen molar-refractivity contribution in [1.29, 1.82) is 0 Å². The monoisotopic (exact) mass is 310 g/mol. The van der Waals surface area contributed by atoms with Crippen LogP contribution in [-0.4, -0.2) is 23.0 Å². The lowest BCUT2D eigenvalue weighted by molar-refractivity contribution is 0.895. The van der Waals surface area contributed by atoms with Crippen molar-refractivity contribution in [3.63, 3.8) is 0 Å². The lowest BCUT2D eigenvalue weighted by Gasteiger charge is -2.06. The maximum Gasteiger partial charge on any atom is -0.00270 e. The Balaban J connectivity index is 2.19. The van der Waals surface area contributed by atoms with Gasteiger partial charge in [-0.2, -0.15) is 23.5 Å². The highest BCUT2D eigenvalue weighted by Gasteiger charge is 1.98. The van der Waals surface area contributed by atoms with E-state index in [0.29, 0.717) is 0 Å². The Hall–Kier alpha value is -0.0800. The van der Waals surface area contributed by atoms with Crippen molar-refractivity contribution >= 4 is 23.5 Å². The Labute approximate surface area is 134 Å². The van der Waals surface area contributed by atoms with Crippen molar-refractivity contribution in [3.8, 4) is 0 Å². The van der Waals surface area contributed by atoms with Crippen molar-refractivity contribution < 1.29 is 0 Å². The van der Waals surface area contributed by atoms with Crippen LogP contribution in [0, 0.1) is 0 Å². The Bertz CT molecular complexity index is 307. The summed E-state index contributed by atoms with van der Waals surface area (Å²) in [5.74, 6) is 5.19. The predicted molar refractivity (Wildman–Crippen MR) is 98.3 cm³/mol. The summed E-state index contributed by atoms with van der Waals surface area (Å²) in [6, 6.07) is 9.22. The highest BCUT2D eigenvalue weighted by molar-refractivity contribution is 7.99. The molecule has 0 aromatic heterocycles. The summed E-state index contributed by atoms with van der Waals surface area (Å²) in [7, 11) is 0. The molecule has 1 rings (SSSR count). The third kappa shape index (κ3) is 8.97. The van der Waals surface area contributed by atoms with Gasteiger partial charge in [0.2, 0.25) is 0 Å². The lowest BCUT2D eigenvalue weighted by atomic mass is 10.1. The van der Waals surface area contributed by atoms with Gasteiger partial charge >= 0.3 is 0 Å². The molecule has 0 fully saturated rings. The van der Waals surface area contributed by atoms with E-state index in [0.717, 1.165) is 0 Å². The van der Waals surface area contributed by atoms with Crippen LogP contribution in [0.3, 0.4) is 0 Å². The van der Waals surface area contributed by atoms with E-state index < -0.39 is 0 Å². The molecule has 0 radical (unpaired) electrons. The quantitative estimate of drug-likeness (QED) is 0.445. The Morgan fingerprint density at radius 1 is 0.750 bits per heavy atom. The molecule has 0 aliphatic heterocycles. The standard InChI is InChI=1S/C18H30S2/c1-3-5-12-19-14-10-17-8-7-9-18(16-17)11-15-20-13-6-4-2/h7-9,16H,3-6,10-15H2,1-2H3. The first-order valence-corrected chi connectivity index (χ1v) is 10.4. The van der Waals surface area contributed by atoms with E-state index in [9.17, 15) is 0 Å². The molecule has 0 unspecified atom stereocenters. The van der Waals surface area contributed by atoms with Gasteiger partial charge in [-0.25, -0.2) is 0 Å². The molecule has 2 heteroatoms. The summed E-state index contributed by atoms with van der Waals surface area (Å²) < 4.78 is 0. The van der Waals surface area contributed by atoms with Crippen molar-refractivity contribution in [3.05, 3.63) is 35.4 Å². The molecule has 1 aromatic carbocycles. The Morgan fingerprint density at radius 2 is 1.25 bits per heavy atom. The SMILES string of the molecule is CCCCSCCc1cccc(CCSCCCC)c1. The van der Waals surface area contributed by atoms with Crippen LogP contribution >= 0.6 is 23.5 Å². The second-order valence-electron chi connectivity index (χ2n) is 5.25.